The minimum absolute atomic E-state index is 0.309. The number of ether oxygens (including phenoxy) is 1. The molecule has 0 aliphatic heterocycles. The summed E-state index contributed by atoms with van der Waals surface area (Å²) in [5.41, 5.74) is 1.64. The Kier molecular flexibility index (Phi) is 3.97. The Hall–Kier alpha value is -2.44. The Labute approximate surface area is 113 Å². The van der Waals surface area contributed by atoms with Gasteiger partial charge in [0.15, 0.2) is 0 Å². The highest BCUT2D eigenvalue weighted by Gasteiger charge is 2.31. The molecule has 2 rings (SSSR count). The lowest BCUT2D eigenvalue weighted by Crippen LogP contribution is -2.16. The van der Waals surface area contributed by atoms with E-state index >= 15 is 0 Å². The van der Waals surface area contributed by atoms with Gasteiger partial charge in [0, 0.05) is 29.7 Å². The molecule has 2 aromatic rings. The predicted octanol–water partition coefficient (Wildman–Crippen LogP) is 3.52. The molecule has 104 valence electrons. The average molecular weight is 281 g/mol. The lowest BCUT2D eigenvalue weighted by Gasteiger charge is -2.09. The molecule has 0 saturated heterocycles. The van der Waals surface area contributed by atoms with Crippen molar-refractivity contribution in [3.63, 3.8) is 0 Å². The summed E-state index contributed by atoms with van der Waals surface area (Å²) in [6.45, 7) is 1.72. The summed E-state index contributed by atoms with van der Waals surface area (Å²) in [5.74, 6) is -0.309. The largest absolute Gasteiger partial charge is 0.573 e. The van der Waals surface area contributed by atoms with Crippen LogP contribution >= 0.6 is 0 Å². The maximum absolute atomic E-state index is 12.1. The van der Waals surface area contributed by atoms with Gasteiger partial charge in [-0.15, -0.1) is 13.2 Å². The minimum atomic E-state index is -4.72. The second kappa shape index (κ2) is 5.68. The maximum atomic E-state index is 12.1. The van der Waals surface area contributed by atoms with E-state index in [-0.39, 0.29) is 5.75 Å². The van der Waals surface area contributed by atoms with Crippen molar-refractivity contribution >= 4 is 11.4 Å². The van der Waals surface area contributed by atoms with Crippen LogP contribution in [-0.4, -0.2) is 22.0 Å². The monoisotopic (exact) mass is 281 g/mol. The van der Waals surface area contributed by atoms with Crippen molar-refractivity contribution in [2.75, 3.05) is 0 Å². The van der Waals surface area contributed by atoms with Crippen LogP contribution in [0.2, 0.25) is 0 Å². The van der Waals surface area contributed by atoms with Gasteiger partial charge in [-0.3, -0.25) is 4.99 Å². The first kappa shape index (κ1) is 14.0. The van der Waals surface area contributed by atoms with E-state index in [0.29, 0.717) is 17.0 Å². The van der Waals surface area contributed by atoms with Crippen molar-refractivity contribution in [3.05, 3.63) is 48.5 Å². The molecule has 7 heteroatoms. The summed E-state index contributed by atoms with van der Waals surface area (Å²) in [6, 6.07) is 5.44. The van der Waals surface area contributed by atoms with Gasteiger partial charge < -0.3 is 4.74 Å². The number of aliphatic imine (C=N–C) groups is 1. The zero-order valence-corrected chi connectivity index (χ0v) is 10.4. The Bertz CT molecular complexity index is 612. The maximum Gasteiger partial charge on any atom is 0.573 e. The van der Waals surface area contributed by atoms with E-state index in [1.54, 1.807) is 25.4 Å². The fraction of sp³-hybridized carbons (Fsp3) is 0.154. The number of aromatic nitrogens is 2. The van der Waals surface area contributed by atoms with Gasteiger partial charge in [0.2, 0.25) is 0 Å². The highest BCUT2D eigenvalue weighted by atomic mass is 19.4. The molecule has 0 N–H and O–H groups in total. The van der Waals surface area contributed by atoms with Gasteiger partial charge in [0.25, 0.3) is 0 Å². The third-order valence-corrected chi connectivity index (χ3v) is 2.33. The molecule has 0 radical (unpaired) electrons. The summed E-state index contributed by atoms with van der Waals surface area (Å²) in [7, 11) is 0. The smallest absolute Gasteiger partial charge is 0.406 e. The zero-order chi connectivity index (χ0) is 14.6. The quantitative estimate of drug-likeness (QED) is 0.809. The van der Waals surface area contributed by atoms with Crippen LogP contribution in [0.4, 0.5) is 18.9 Å². The van der Waals surface area contributed by atoms with Crippen LogP contribution in [0.3, 0.4) is 0 Å². The van der Waals surface area contributed by atoms with Gasteiger partial charge in [-0.05, 0) is 19.1 Å². The van der Waals surface area contributed by atoms with Crippen LogP contribution in [0.5, 0.6) is 5.75 Å². The molecular formula is C13H10F3N3O. The Morgan fingerprint density at radius 3 is 2.55 bits per heavy atom. The summed E-state index contributed by atoms with van der Waals surface area (Å²) in [6.07, 6.45) is -0.191. The molecule has 0 aliphatic rings. The molecule has 4 nitrogen and oxygen atoms in total. The third-order valence-electron chi connectivity index (χ3n) is 2.33. The van der Waals surface area contributed by atoms with E-state index in [1.165, 1.54) is 24.5 Å². The van der Waals surface area contributed by atoms with Gasteiger partial charge in [0.1, 0.15) is 12.1 Å². The summed E-state index contributed by atoms with van der Waals surface area (Å²) < 4.78 is 40.2. The van der Waals surface area contributed by atoms with Crippen molar-refractivity contribution in [3.8, 4) is 5.75 Å². The highest BCUT2D eigenvalue weighted by molar-refractivity contribution is 5.99. The summed E-state index contributed by atoms with van der Waals surface area (Å²) >= 11 is 0. The molecular weight excluding hydrogens is 271 g/mol. The van der Waals surface area contributed by atoms with Crippen molar-refractivity contribution in [1.82, 2.24) is 9.97 Å². The molecule has 20 heavy (non-hydrogen) atoms. The van der Waals surface area contributed by atoms with Gasteiger partial charge >= 0.3 is 6.36 Å². The molecule has 0 atom stereocenters. The minimum Gasteiger partial charge on any atom is -0.406 e. The highest BCUT2D eigenvalue weighted by Crippen LogP contribution is 2.26. The molecule has 0 amide bonds. The Morgan fingerprint density at radius 1 is 1.20 bits per heavy atom. The van der Waals surface area contributed by atoms with Crippen LogP contribution in [0.15, 0.2) is 48.0 Å². The third kappa shape index (κ3) is 4.04. The second-order valence-electron chi connectivity index (χ2n) is 3.87. The lowest BCUT2D eigenvalue weighted by molar-refractivity contribution is -0.274. The molecule has 0 fully saturated rings. The number of alkyl halides is 3. The van der Waals surface area contributed by atoms with Gasteiger partial charge in [-0.2, -0.15) is 0 Å². The number of benzene rings is 1. The lowest BCUT2D eigenvalue weighted by atomic mass is 10.2. The van der Waals surface area contributed by atoms with Crippen molar-refractivity contribution in [2.45, 2.75) is 13.3 Å². The molecule has 0 saturated carbocycles. The van der Waals surface area contributed by atoms with Crippen molar-refractivity contribution in [2.24, 2.45) is 4.99 Å². The average Bonchev–Trinajstić information content (AvgIpc) is 2.38. The molecule has 1 heterocycles. The number of hydrogen-bond acceptors (Lipinski definition) is 4. The predicted molar refractivity (Wildman–Crippen MR) is 67.0 cm³/mol. The van der Waals surface area contributed by atoms with E-state index in [0.717, 1.165) is 0 Å². The molecule has 1 aromatic carbocycles. The van der Waals surface area contributed by atoms with Crippen LogP contribution in [0.25, 0.3) is 0 Å². The van der Waals surface area contributed by atoms with E-state index < -0.39 is 6.36 Å². The van der Waals surface area contributed by atoms with Crippen LogP contribution in [0, 0.1) is 0 Å². The first-order chi connectivity index (χ1) is 9.44. The number of nitrogens with zero attached hydrogens (tertiary/aromatic N) is 3. The fourth-order valence-corrected chi connectivity index (χ4v) is 1.49. The number of hydrogen-bond donors (Lipinski definition) is 0. The normalized spacial score (nSPS) is 12.3. The molecule has 0 spiro atoms. The van der Waals surface area contributed by atoms with Crippen molar-refractivity contribution < 1.29 is 17.9 Å². The number of halogens is 3. The van der Waals surface area contributed by atoms with Gasteiger partial charge in [-0.1, -0.05) is 6.07 Å². The number of rotatable bonds is 3. The summed E-state index contributed by atoms with van der Waals surface area (Å²) in [4.78, 5) is 11.9. The van der Waals surface area contributed by atoms with Crippen LogP contribution < -0.4 is 4.74 Å². The zero-order valence-electron chi connectivity index (χ0n) is 10.4. The van der Waals surface area contributed by atoms with Crippen LogP contribution in [0.1, 0.15) is 12.5 Å². The van der Waals surface area contributed by atoms with E-state index in [4.69, 9.17) is 0 Å². The fourth-order valence-electron chi connectivity index (χ4n) is 1.49. The molecule has 0 unspecified atom stereocenters. The molecule has 1 aromatic heterocycles. The van der Waals surface area contributed by atoms with Crippen LogP contribution in [-0.2, 0) is 0 Å². The van der Waals surface area contributed by atoms with Gasteiger partial charge in [-0.25, -0.2) is 9.97 Å². The SMILES string of the molecule is C/C(=N\c1cccc(OC(F)(F)F)c1)c1cncnc1. The topological polar surface area (TPSA) is 47.4 Å². The standard InChI is InChI=1S/C13H10F3N3O/c1-9(10-6-17-8-18-7-10)19-11-3-2-4-12(5-11)20-13(14,15)16/h2-8H,1H3/b19-9+. The summed E-state index contributed by atoms with van der Waals surface area (Å²) in [5, 5.41) is 0. The first-order valence-corrected chi connectivity index (χ1v) is 5.60. The van der Waals surface area contributed by atoms with Crippen molar-refractivity contribution in [1.29, 1.82) is 0 Å². The Morgan fingerprint density at radius 2 is 1.90 bits per heavy atom. The molecule has 0 bridgehead atoms. The van der Waals surface area contributed by atoms with E-state index in [9.17, 15) is 13.2 Å². The second-order valence-corrected chi connectivity index (χ2v) is 3.87. The van der Waals surface area contributed by atoms with E-state index in [1.807, 2.05) is 0 Å². The van der Waals surface area contributed by atoms with E-state index in [2.05, 4.69) is 19.7 Å². The van der Waals surface area contributed by atoms with Gasteiger partial charge in [0.05, 0.1) is 5.69 Å². The first-order valence-electron chi connectivity index (χ1n) is 5.60. The Balaban J connectivity index is 2.24. The molecule has 0 aliphatic carbocycles.